The highest BCUT2D eigenvalue weighted by Crippen LogP contribution is 2.35. The number of aromatic nitrogens is 1. The summed E-state index contributed by atoms with van der Waals surface area (Å²) >= 11 is 0. The van der Waals surface area contributed by atoms with Gasteiger partial charge >= 0.3 is 0 Å². The summed E-state index contributed by atoms with van der Waals surface area (Å²) in [6.45, 7) is 2.04. The summed E-state index contributed by atoms with van der Waals surface area (Å²) in [5.74, 6) is 0.707. The van der Waals surface area contributed by atoms with Gasteiger partial charge in [-0.15, -0.1) is 5.06 Å². The Bertz CT molecular complexity index is 407. The van der Waals surface area contributed by atoms with Crippen LogP contribution in [0, 0.1) is 6.92 Å². The number of hydrogen-bond donors (Lipinski definition) is 0. The van der Waals surface area contributed by atoms with Crippen molar-refractivity contribution in [1.82, 2.24) is 10.0 Å². The molecule has 2 aliphatic rings. The summed E-state index contributed by atoms with van der Waals surface area (Å²) in [6, 6.07) is 4.94. The average Bonchev–Trinajstić information content (AvgIpc) is 2.41. The van der Waals surface area contributed by atoms with E-state index < -0.39 is 0 Å². The summed E-state index contributed by atoms with van der Waals surface area (Å²) in [4.78, 5) is 10.4. The lowest BCUT2D eigenvalue weighted by Crippen LogP contribution is -2.55. The van der Waals surface area contributed by atoms with Crippen LogP contribution in [0.3, 0.4) is 0 Å². The summed E-state index contributed by atoms with van der Waals surface area (Å²) in [5.41, 5.74) is 1.16. The maximum Gasteiger partial charge on any atom is 0.238 e. The number of pyridine rings is 1. The lowest BCUT2D eigenvalue weighted by molar-refractivity contribution is -0.191. The van der Waals surface area contributed by atoms with Crippen LogP contribution in [0.5, 0.6) is 5.88 Å². The first-order chi connectivity index (χ1) is 9.26. The normalized spacial score (nSPS) is 31.2. The molecule has 0 aliphatic carbocycles. The first-order valence-electron chi connectivity index (χ1n) is 7.18. The molecule has 104 valence electrons. The van der Waals surface area contributed by atoms with Crippen molar-refractivity contribution in [2.24, 2.45) is 0 Å². The molecule has 0 aromatic carbocycles. The van der Waals surface area contributed by atoms with Crippen LogP contribution in [-0.4, -0.2) is 35.3 Å². The molecular weight excluding hydrogens is 240 g/mol. The van der Waals surface area contributed by atoms with Gasteiger partial charge in [0, 0.05) is 31.5 Å². The number of aryl methyl sites for hydroxylation is 1. The van der Waals surface area contributed by atoms with Crippen molar-refractivity contribution in [2.45, 2.75) is 57.2 Å². The van der Waals surface area contributed by atoms with Crippen molar-refractivity contribution in [3.05, 3.63) is 23.9 Å². The predicted octanol–water partition coefficient (Wildman–Crippen LogP) is 2.72. The zero-order valence-corrected chi connectivity index (χ0v) is 11.7. The molecule has 0 saturated carbocycles. The monoisotopic (exact) mass is 262 g/mol. The first kappa shape index (κ1) is 12.9. The van der Waals surface area contributed by atoms with Crippen LogP contribution in [0.1, 0.15) is 37.7 Å². The van der Waals surface area contributed by atoms with Gasteiger partial charge in [-0.1, -0.05) is 12.5 Å². The third-order valence-electron chi connectivity index (χ3n) is 4.28. The lowest BCUT2D eigenvalue weighted by Gasteiger charge is -2.46. The Balaban J connectivity index is 1.71. The molecule has 0 radical (unpaired) electrons. The first-order valence-corrected chi connectivity index (χ1v) is 7.18. The maximum atomic E-state index is 6.04. The van der Waals surface area contributed by atoms with E-state index in [-0.39, 0.29) is 0 Å². The molecular formula is C15H22N2O2. The largest absolute Gasteiger partial charge is 0.385 e. The molecule has 1 aromatic rings. The molecule has 0 amide bonds. The second-order valence-corrected chi connectivity index (χ2v) is 5.69. The second-order valence-electron chi connectivity index (χ2n) is 5.69. The van der Waals surface area contributed by atoms with Crippen LogP contribution in [0.25, 0.3) is 0 Å². The standard InChI is InChI=1S/C15H22N2O2/c1-11-6-7-15(16-10-11)19-17-12-4-3-5-13(17)9-14(8-12)18-2/h6-7,10,12-14H,3-5,8-9H2,1-2H3/t12-,13+,14+. The number of ether oxygens (including phenoxy) is 1. The van der Waals surface area contributed by atoms with E-state index in [2.05, 4.69) is 10.0 Å². The Hall–Kier alpha value is -1.13. The van der Waals surface area contributed by atoms with Crippen LogP contribution in [0.15, 0.2) is 18.3 Å². The van der Waals surface area contributed by atoms with Gasteiger partial charge in [0.1, 0.15) is 0 Å². The van der Waals surface area contributed by atoms with Gasteiger partial charge in [-0.2, -0.15) is 0 Å². The van der Waals surface area contributed by atoms with Gasteiger partial charge in [0.05, 0.1) is 6.10 Å². The number of hydrogen-bond acceptors (Lipinski definition) is 4. The number of hydroxylamine groups is 2. The molecule has 19 heavy (non-hydrogen) atoms. The zero-order valence-electron chi connectivity index (χ0n) is 11.7. The Morgan fingerprint density at radius 1 is 1.21 bits per heavy atom. The van der Waals surface area contributed by atoms with Gasteiger partial charge in [0.2, 0.25) is 5.88 Å². The Morgan fingerprint density at radius 2 is 1.95 bits per heavy atom. The van der Waals surface area contributed by atoms with Gasteiger partial charge in [0.15, 0.2) is 0 Å². The highest BCUT2D eigenvalue weighted by atomic mass is 16.7. The summed E-state index contributed by atoms with van der Waals surface area (Å²) in [7, 11) is 1.82. The van der Waals surface area contributed by atoms with E-state index in [9.17, 15) is 0 Å². The van der Waals surface area contributed by atoms with E-state index in [1.165, 1.54) is 19.3 Å². The SMILES string of the molecule is CO[C@H]1C[C@H]2CCC[C@@H](C1)N2Oc1ccc(C)cn1. The molecule has 4 heteroatoms. The number of methoxy groups -OCH3 is 1. The summed E-state index contributed by atoms with van der Waals surface area (Å²) in [5, 5.41) is 2.18. The molecule has 1 aromatic heterocycles. The van der Waals surface area contributed by atoms with E-state index in [0.29, 0.717) is 24.1 Å². The van der Waals surface area contributed by atoms with Gasteiger partial charge in [-0.3, -0.25) is 0 Å². The molecule has 4 nitrogen and oxygen atoms in total. The van der Waals surface area contributed by atoms with E-state index in [1.54, 1.807) is 0 Å². The zero-order chi connectivity index (χ0) is 13.2. The molecule has 0 N–H and O–H groups in total. The van der Waals surface area contributed by atoms with E-state index >= 15 is 0 Å². The lowest BCUT2D eigenvalue weighted by atomic mass is 9.85. The molecule has 2 saturated heterocycles. The van der Waals surface area contributed by atoms with Crippen LogP contribution in [0.4, 0.5) is 0 Å². The molecule has 0 spiro atoms. The van der Waals surface area contributed by atoms with E-state index in [1.807, 2.05) is 32.4 Å². The van der Waals surface area contributed by atoms with Crippen molar-refractivity contribution in [2.75, 3.05) is 7.11 Å². The minimum absolute atomic E-state index is 0.390. The second kappa shape index (κ2) is 5.47. The molecule has 3 atom stereocenters. The molecule has 3 rings (SSSR count). The van der Waals surface area contributed by atoms with Crippen molar-refractivity contribution in [3.8, 4) is 5.88 Å². The van der Waals surface area contributed by atoms with Crippen LogP contribution >= 0.6 is 0 Å². The summed E-state index contributed by atoms with van der Waals surface area (Å²) in [6.07, 6.45) is 8.07. The van der Waals surface area contributed by atoms with Crippen LogP contribution < -0.4 is 4.84 Å². The Labute approximate surface area is 114 Å². The van der Waals surface area contributed by atoms with Crippen molar-refractivity contribution in [1.29, 1.82) is 0 Å². The smallest absolute Gasteiger partial charge is 0.238 e. The topological polar surface area (TPSA) is 34.6 Å². The highest BCUT2D eigenvalue weighted by Gasteiger charge is 2.40. The molecule has 2 bridgehead atoms. The quantitative estimate of drug-likeness (QED) is 0.839. The van der Waals surface area contributed by atoms with Gasteiger partial charge in [-0.25, -0.2) is 4.98 Å². The van der Waals surface area contributed by atoms with Gasteiger partial charge in [0.25, 0.3) is 0 Å². The number of piperidine rings is 2. The fourth-order valence-corrected chi connectivity index (χ4v) is 3.25. The fraction of sp³-hybridized carbons (Fsp3) is 0.667. The van der Waals surface area contributed by atoms with Crippen molar-refractivity contribution >= 4 is 0 Å². The van der Waals surface area contributed by atoms with Crippen LogP contribution in [0.2, 0.25) is 0 Å². The minimum atomic E-state index is 0.390. The number of rotatable bonds is 3. The van der Waals surface area contributed by atoms with Crippen molar-refractivity contribution in [3.63, 3.8) is 0 Å². The molecule has 0 unspecified atom stereocenters. The van der Waals surface area contributed by atoms with Crippen molar-refractivity contribution < 1.29 is 9.57 Å². The Kier molecular flexibility index (Phi) is 3.71. The fourth-order valence-electron chi connectivity index (χ4n) is 3.25. The molecule has 3 heterocycles. The summed E-state index contributed by atoms with van der Waals surface area (Å²) < 4.78 is 5.54. The highest BCUT2D eigenvalue weighted by molar-refractivity contribution is 5.16. The van der Waals surface area contributed by atoms with Gasteiger partial charge < -0.3 is 9.57 Å². The Morgan fingerprint density at radius 3 is 2.53 bits per heavy atom. The average molecular weight is 262 g/mol. The predicted molar refractivity (Wildman–Crippen MR) is 72.9 cm³/mol. The van der Waals surface area contributed by atoms with E-state index in [4.69, 9.17) is 9.57 Å². The maximum absolute atomic E-state index is 6.04. The number of nitrogens with zero attached hydrogens (tertiary/aromatic N) is 2. The van der Waals surface area contributed by atoms with E-state index in [0.717, 1.165) is 18.4 Å². The molecule has 2 fully saturated rings. The minimum Gasteiger partial charge on any atom is -0.385 e. The third-order valence-corrected chi connectivity index (χ3v) is 4.28. The van der Waals surface area contributed by atoms with Crippen LogP contribution in [-0.2, 0) is 4.74 Å². The number of fused-ring (bicyclic) bond motifs is 2. The molecule has 2 aliphatic heterocycles. The van der Waals surface area contributed by atoms with Gasteiger partial charge in [-0.05, 0) is 38.2 Å². The third kappa shape index (κ3) is 2.74.